The Balaban J connectivity index is 1.45. The number of benzene rings is 2. The van der Waals surface area contributed by atoms with Gasteiger partial charge in [0.1, 0.15) is 0 Å². The molecule has 0 bridgehead atoms. The highest BCUT2D eigenvalue weighted by molar-refractivity contribution is 6.04. The monoisotopic (exact) mass is 376 g/mol. The molecule has 142 valence electrons. The molecule has 0 radical (unpaired) electrons. The summed E-state index contributed by atoms with van der Waals surface area (Å²) in [7, 11) is 0. The van der Waals surface area contributed by atoms with Crippen LogP contribution in [0.5, 0.6) is 11.5 Å². The lowest BCUT2D eigenvalue weighted by molar-refractivity contribution is 0.102. The number of rotatable bonds is 5. The molecule has 3 aromatic rings. The van der Waals surface area contributed by atoms with Gasteiger partial charge in [0.25, 0.3) is 5.91 Å². The van der Waals surface area contributed by atoms with Crippen molar-refractivity contribution in [2.24, 2.45) is 0 Å². The van der Waals surface area contributed by atoms with Gasteiger partial charge in [-0.25, -0.2) is 9.97 Å². The molecule has 2 N–H and O–H groups in total. The average molecular weight is 376 g/mol. The van der Waals surface area contributed by atoms with Crippen LogP contribution < -0.4 is 20.1 Å². The van der Waals surface area contributed by atoms with E-state index < -0.39 is 0 Å². The van der Waals surface area contributed by atoms with E-state index in [1.54, 1.807) is 18.2 Å². The van der Waals surface area contributed by atoms with Crippen LogP contribution in [0.15, 0.2) is 54.9 Å². The van der Waals surface area contributed by atoms with Crippen molar-refractivity contribution >= 4 is 23.2 Å². The maximum Gasteiger partial charge on any atom is 0.258 e. The van der Waals surface area contributed by atoms with Gasteiger partial charge in [-0.05, 0) is 29.7 Å². The van der Waals surface area contributed by atoms with Gasteiger partial charge >= 0.3 is 0 Å². The third-order valence-electron chi connectivity index (χ3n) is 4.37. The van der Waals surface area contributed by atoms with Gasteiger partial charge in [-0.1, -0.05) is 32.0 Å². The maximum atomic E-state index is 12.4. The van der Waals surface area contributed by atoms with E-state index in [9.17, 15) is 4.79 Å². The van der Waals surface area contributed by atoms with E-state index >= 15 is 0 Å². The van der Waals surface area contributed by atoms with Crippen LogP contribution in [0.4, 0.5) is 17.3 Å². The Hall–Kier alpha value is -3.61. The minimum Gasteiger partial charge on any atom is -0.454 e. The molecule has 2 heterocycles. The quantitative estimate of drug-likeness (QED) is 0.690. The number of nitrogens with one attached hydrogen (secondary N) is 2. The van der Waals surface area contributed by atoms with Crippen molar-refractivity contribution in [3.05, 3.63) is 66.0 Å². The van der Waals surface area contributed by atoms with Gasteiger partial charge in [0, 0.05) is 29.8 Å². The molecule has 2 aromatic carbocycles. The predicted octanol–water partition coefficient (Wildman–Crippen LogP) is 4.32. The van der Waals surface area contributed by atoms with E-state index in [4.69, 9.17) is 9.47 Å². The smallest absolute Gasteiger partial charge is 0.258 e. The Morgan fingerprint density at radius 2 is 1.79 bits per heavy atom. The number of amides is 1. The van der Waals surface area contributed by atoms with Crippen LogP contribution in [0, 0.1) is 0 Å². The first-order chi connectivity index (χ1) is 13.6. The Morgan fingerprint density at radius 1 is 1.04 bits per heavy atom. The van der Waals surface area contributed by atoms with Gasteiger partial charge in [-0.15, -0.1) is 0 Å². The Bertz CT molecular complexity index is 1000. The number of anilines is 3. The number of carbonyl (C=O) groups is 1. The minimum atomic E-state index is -0.298. The molecule has 0 atom stereocenters. The molecule has 28 heavy (non-hydrogen) atoms. The summed E-state index contributed by atoms with van der Waals surface area (Å²) in [5.74, 6) is 1.78. The molecule has 0 saturated heterocycles. The lowest BCUT2D eigenvalue weighted by Crippen LogP contribution is -2.13. The van der Waals surface area contributed by atoms with Crippen LogP contribution in [0.3, 0.4) is 0 Å². The number of hydrogen-bond acceptors (Lipinski definition) is 6. The fraction of sp³-hybridized carbons (Fsp3) is 0.190. The van der Waals surface area contributed by atoms with Crippen molar-refractivity contribution < 1.29 is 14.3 Å². The van der Waals surface area contributed by atoms with Crippen molar-refractivity contribution in [3.8, 4) is 11.5 Å². The van der Waals surface area contributed by atoms with Crippen molar-refractivity contribution in [2.75, 3.05) is 17.4 Å². The SMILES string of the molecule is CC(C)c1ccccc1Nc1ncc(C(=O)Nc2ccc3c(c2)OCO3)cn1. The molecule has 1 aromatic heterocycles. The summed E-state index contributed by atoms with van der Waals surface area (Å²) in [5, 5.41) is 6.02. The highest BCUT2D eigenvalue weighted by Gasteiger charge is 2.15. The summed E-state index contributed by atoms with van der Waals surface area (Å²) in [4.78, 5) is 21.0. The summed E-state index contributed by atoms with van der Waals surface area (Å²) < 4.78 is 10.6. The molecule has 0 spiro atoms. The molecule has 1 aliphatic rings. The van der Waals surface area contributed by atoms with Crippen LogP contribution in [0.25, 0.3) is 0 Å². The summed E-state index contributed by atoms with van der Waals surface area (Å²) in [5.41, 5.74) is 3.11. The van der Waals surface area contributed by atoms with Crippen molar-refractivity contribution in [1.82, 2.24) is 9.97 Å². The molecule has 1 amide bonds. The number of carbonyl (C=O) groups excluding carboxylic acids is 1. The fourth-order valence-corrected chi connectivity index (χ4v) is 2.92. The number of hydrogen-bond donors (Lipinski definition) is 2. The molecule has 0 unspecified atom stereocenters. The number of fused-ring (bicyclic) bond motifs is 1. The first-order valence-corrected chi connectivity index (χ1v) is 8.99. The molecule has 1 aliphatic heterocycles. The van der Waals surface area contributed by atoms with Gasteiger partial charge in [-0.2, -0.15) is 0 Å². The van der Waals surface area contributed by atoms with Crippen molar-refractivity contribution in [3.63, 3.8) is 0 Å². The van der Waals surface area contributed by atoms with E-state index in [2.05, 4.69) is 40.5 Å². The molecule has 0 fully saturated rings. The number of para-hydroxylation sites is 1. The highest BCUT2D eigenvalue weighted by Crippen LogP contribution is 2.34. The van der Waals surface area contributed by atoms with Crippen molar-refractivity contribution in [1.29, 1.82) is 0 Å². The third kappa shape index (κ3) is 3.73. The first-order valence-electron chi connectivity index (χ1n) is 8.99. The molecule has 7 heteroatoms. The van der Waals surface area contributed by atoms with Gasteiger partial charge in [0.2, 0.25) is 12.7 Å². The van der Waals surface area contributed by atoms with Crippen LogP contribution in [0.1, 0.15) is 35.7 Å². The minimum absolute atomic E-state index is 0.189. The summed E-state index contributed by atoms with van der Waals surface area (Å²) in [6, 6.07) is 13.3. The van der Waals surface area contributed by atoms with E-state index in [0.29, 0.717) is 34.6 Å². The first kappa shape index (κ1) is 17.8. The lowest BCUT2D eigenvalue weighted by Gasteiger charge is -2.13. The lowest BCUT2D eigenvalue weighted by atomic mass is 10.0. The largest absolute Gasteiger partial charge is 0.454 e. The number of ether oxygens (including phenoxy) is 2. The van der Waals surface area contributed by atoms with Gasteiger partial charge in [0.05, 0.1) is 5.56 Å². The second kappa shape index (κ2) is 7.56. The van der Waals surface area contributed by atoms with E-state index in [-0.39, 0.29) is 12.7 Å². The Labute approximate surface area is 162 Å². The van der Waals surface area contributed by atoms with E-state index in [0.717, 1.165) is 5.69 Å². The molecular formula is C21H20N4O3. The molecule has 7 nitrogen and oxygen atoms in total. The molecule has 0 aliphatic carbocycles. The second-order valence-corrected chi connectivity index (χ2v) is 6.68. The zero-order valence-corrected chi connectivity index (χ0v) is 15.6. The van der Waals surface area contributed by atoms with Gasteiger partial charge in [0.15, 0.2) is 11.5 Å². The Morgan fingerprint density at radius 3 is 2.57 bits per heavy atom. The van der Waals surface area contributed by atoms with E-state index in [1.807, 2.05) is 18.2 Å². The zero-order valence-electron chi connectivity index (χ0n) is 15.6. The molecule has 0 saturated carbocycles. The maximum absolute atomic E-state index is 12.4. The highest BCUT2D eigenvalue weighted by atomic mass is 16.7. The van der Waals surface area contributed by atoms with Crippen LogP contribution in [-0.4, -0.2) is 22.7 Å². The standard InChI is InChI=1S/C21H20N4O3/c1-13(2)16-5-3-4-6-17(16)25-21-22-10-14(11-23-21)20(26)24-15-7-8-18-19(9-15)28-12-27-18/h3-11,13H,12H2,1-2H3,(H,24,26)(H,22,23,25). The zero-order chi connectivity index (χ0) is 19.5. The summed E-state index contributed by atoms with van der Waals surface area (Å²) in [6.45, 7) is 4.45. The van der Waals surface area contributed by atoms with E-state index in [1.165, 1.54) is 18.0 Å². The van der Waals surface area contributed by atoms with Crippen LogP contribution >= 0.6 is 0 Å². The number of aromatic nitrogens is 2. The fourth-order valence-electron chi connectivity index (χ4n) is 2.92. The summed E-state index contributed by atoms with van der Waals surface area (Å²) >= 11 is 0. The molecule has 4 rings (SSSR count). The average Bonchev–Trinajstić information content (AvgIpc) is 3.16. The van der Waals surface area contributed by atoms with Gasteiger partial charge in [-0.3, -0.25) is 4.79 Å². The predicted molar refractivity (Wildman–Crippen MR) is 106 cm³/mol. The number of nitrogens with zero attached hydrogens (tertiary/aromatic N) is 2. The second-order valence-electron chi connectivity index (χ2n) is 6.68. The summed E-state index contributed by atoms with van der Waals surface area (Å²) in [6.07, 6.45) is 2.99. The van der Waals surface area contributed by atoms with Crippen molar-refractivity contribution in [2.45, 2.75) is 19.8 Å². The van der Waals surface area contributed by atoms with Crippen LogP contribution in [0.2, 0.25) is 0 Å². The molecular weight excluding hydrogens is 356 g/mol. The third-order valence-corrected chi connectivity index (χ3v) is 4.37. The Kier molecular flexibility index (Phi) is 4.80. The topological polar surface area (TPSA) is 85.4 Å². The van der Waals surface area contributed by atoms with Gasteiger partial charge < -0.3 is 20.1 Å². The normalized spacial score (nSPS) is 12.1. The van der Waals surface area contributed by atoms with Crippen LogP contribution in [-0.2, 0) is 0 Å².